The highest BCUT2D eigenvalue weighted by Gasteiger charge is 2.14. The Hall–Kier alpha value is -2.41. The molecular formula is C19H27N5O2. The SMILES string of the molecule is CC(Cn1cncn1)C(=O)Nc1ccc(OCCN2CCCCC2)cc1. The van der Waals surface area contributed by atoms with Crippen molar-refractivity contribution in [1.29, 1.82) is 0 Å². The molecule has 0 spiro atoms. The first kappa shape index (κ1) is 18.4. The van der Waals surface area contributed by atoms with Gasteiger partial charge < -0.3 is 10.1 Å². The molecule has 1 aliphatic heterocycles. The number of piperidine rings is 1. The summed E-state index contributed by atoms with van der Waals surface area (Å²) in [5, 5.41) is 6.95. The van der Waals surface area contributed by atoms with Crippen LogP contribution in [0.5, 0.6) is 5.75 Å². The van der Waals surface area contributed by atoms with Crippen LogP contribution in [0.25, 0.3) is 0 Å². The number of rotatable bonds is 8. The number of ether oxygens (including phenoxy) is 1. The summed E-state index contributed by atoms with van der Waals surface area (Å²) in [4.78, 5) is 18.6. The number of anilines is 1. The minimum Gasteiger partial charge on any atom is -0.492 e. The quantitative estimate of drug-likeness (QED) is 0.785. The number of hydrogen-bond donors (Lipinski definition) is 1. The van der Waals surface area contributed by atoms with Crippen molar-refractivity contribution in [3.05, 3.63) is 36.9 Å². The van der Waals surface area contributed by atoms with Gasteiger partial charge in [0.15, 0.2) is 0 Å². The first-order valence-electron chi connectivity index (χ1n) is 9.29. The summed E-state index contributed by atoms with van der Waals surface area (Å²) in [6.07, 6.45) is 7.02. The maximum atomic E-state index is 12.3. The Balaban J connectivity index is 1.41. The van der Waals surface area contributed by atoms with E-state index in [0.717, 1.165) is 18.0 Å². The molecule has 0 bridgehead atoms. The van der Waals surface area contributed by atoms with E-state index in [1.807, 2.05) is 31.2 Å². The summed E-state index contributed by atoms with van der Waals surface area (Å²) in [5.74, 6) is 0.590. The second kappa shape index (κ2) is 9.33. The smallest absolute Gasteiger partial charge is 0.229 e. The number of carbonyl (C=O) groups is 1. The monoisotopic (exact) mass is 357 g/mol. The molecule has 2 heterocycles. The Morgan fingerprint density at radius 1 is 1.23 bits per heavy atom. The molecule has 1 unspecified atom stereocenters. The molecule has 1 saturated heterocycles. The normalized spacial score (nSPS) is 16.2. The molecule has 0 aliphatic carbocycles. The molecule has 3 rings (SSSR count). The van der Waals surface area contributed by atoms with E-state index in [1.54, 1.807) is 11.0 Å². The topological polar surface area (TPSA) is 72.3 Å². The van der Waals surface area contributed by atoms with Crippen molar-refractivity contribution in [2.24, 2.45) is 5.92 Å². The lowest BCUT2D eigenvalue weighted by molar-refractivity contribution is -0.119. The fraction of sp³-hybridized carbons (Fsp3) is 0.526. The maximum absolute atomic E-state index is 12.3. The fourth-order valence-corrected chi connectivity index (χ4v) is 3.07. The number of nitrogens with one attached hydrogen (secondary N) is 1. The molecule has 140 valence electrons. The summed E-state index contributed by atoms with van der Waals surface area (Å²) in [6.45, 7) is 6.40. The van der Waals surface area contributed by atoms with Gasteiger partial charge in [0.1, 0.15) is 25.0 Å². The number of likely N-dealkylation sites (tertiary alicyclic amines) is 1. The van der Waals surface area contributed by atoms with Crippen LogP contribution in [0.1, 0.15) is 26.2 Å². The maximum Gasteiger partial charge on any atom is 0.229 e. The summed E-state index contributed by atoms with van der Waals surface area (Å²) >= 11 is 0. The van der Waals surface area contributed by atoms with E-state index in [9.17, 15) is 4.79 Å². The number of hydrogen-bond acceptors (Lipinski definition) is 5. The van der Waals surface area contributed by atoms with E-state index < -0.39 is 0 Å². The Labute approximate surface area is 154 Å². The van der Waals surface area contributed by atoms with Gasteiger partial charge in [-0.15, -0.1) is 0 Å². The predicted molar refractivity (Wildman–Crippen MR) is 100 cm³/mol. The van der Waals surface area contributed by atoms with E-state index in [0.29, 0.717) is 13.2 Å². The van der Waals surface area contributed by atoms with E-state index in [-0.39, 0.29) is 11.8 Å². The Kier molecular flexibility index (Phi) is 6.60. The third-order valence-corrected chi connectivity index (χ3v) is 4.62. The van der Waals surface area contributed by atoms with Crippen LogP contribution in [-0.2, 0) is 11.3 Å². The fourth-order valence-electron chi connectivity index (χ4n) is 3.07. The Morgan fingerprint density at radius 3 is 2.69 bits per heavy atom. The molecule has 7 nitrogen and oxygen atoms in total. The molecule has 26 heavy (non-hydrogen) atoms. The van der Waals surface area contributed by atoms with Crippen LogP contribution in [0.3, 0.4) is 0 Å². The minimum absolute atomic E-state index is 0.0423. The first-order valence-corrected chi connectivity index (χ1v) is 9.29. The van der Waals surface area contributed by atoms with Gasteiger partial charge in [-0.05, 0) is 50.2 Å². The zero-order valence-electron chi connectivity index (χ0n) is 15.3. The Bertz CT molecular complexity index is 666. The molecule has 1 aromatic heterocycles. The van der Waals surface area contributed by atoms with Crippen LogP contribution in [0, 0.1) is 5.92 Å². The molecule has 1 aliphatic rings. The van der Waals surface area contributed by atoms with Crippen LogP contribution < -0.4 is 10.1 Å². The van der Waals surface area contributed by atoms with Crippen LogP contribution >= 0.6 is 0 Å². The van der Waals surface area contributed by atoms with Crippen molar-refractivity contribution in [2.75, 3.05) is 31.6 Å². The van der Waals surface area contributed by atoms with Crippen molar-refractivity contribution in [1.82, 2.24) is 19.7 Å². The highest BCUT2D eigenvalue weighted by atomic mass is 16.5. The standard InChI is InChI=1S/C19H27N5O2/c1-16(13-24-15-20-14-21-24)19(25)22-17-5-7-18(8-6-17)26-12-11-23-9-3-2-4-10-23/h5-8,14-16H,2-4,9-13H2,1H3,(H,22,25). The van der Waals surface area contributed by atoms with Gasteiger partial charge in [-0.2, -0.15) is 5.10 Å². The van der Waals surface area contributed by atoms with Gasteiger partial charge in [-0.25, -0.2) is 4.98 Å². The third-order valence-electron chi connectivity index (χ3n) is 4.62. The van der Waals surface area contributed by atoms with Crippen molar-refractivity contribution in [2.45, 2.75) is 32.7 Å². The highest BCUT2D eigenvalue weighted by molar-refractivity contribution is 5.92. The van der Waals surface area contributed by atoms with Gasteiger partial charge in [-0.1, -0.05) is 13.3 Å². The molecule has 1 aromatic carbocycles. The van der Waals surface area contributed by atoms with Crippen LogP contribution in [0.15, 0.2) is 36.9 Å². The zero-order valence-corrected chi connectivity index (χ0v) is 15.3. The van der Waals surface area contributed by atoms with E-state index in [1.165, 1.54) is 38.7 Å². The summed E-state index contributed by atoms with van der Waals surface area (Å²) in [7, 11) is 0. The van der Waals surface area contributed by atoms with Crippen LogP contribution in [0.4, 0.5) is 5.69 Å². The molecule has 1 N–H and O–H groups in total. The summed E-state index contributed by atoms with van der Waals surface area (Å²) in [5.41, 5.74) is 0.767. The Morgan fingerprint density at radius 2 is 2.00 bits per heavy atom. The molecule has 1 fully saturated rings. The zero-order chi connectivity index (χ0) is 18.2. The van der Waals surface area contributed by atoms with Gasteiger partial charge in [0.25, 0.3) is 0 Å². The van der Waals surface area contributed by atoms with Crippen LogP contribution in [-0.4, -0.2) is 51.8 Å². The molecular weight excluding hydrogens is 330 g/mol. The van der Waals surface area contributed by atoms with Gasteiger partial charge in [0, 0.05) is 12.2 Å². The minimum atomic E-state index is -0.197. The van der Waals surface area contributed by atoms with Gasteiger partial charge >= 0.3 is 0 Å². The molecule has 7 heteroatoms. The van der Waals surface area contributed by atoms with Gasteiger partial charge in [0.05, 0.1) is 12.5 Å². The predicted octanol–water partition coefficient (Wildman–Crippen LogP) is 2.42. The lowest BCUT2D eigenvalue weighted by atomic mass is 10.1. The number of carbonyl (C=O) groups excluding carboxylic acids is 1. The van der Waals surface area contributed by atoms with Crippen molar-refractivity contribution < 1.29 is 9.53 Å². The van der Waals surface area contributed by atoms with Gasteiger partial charge in [-0.3, -0.25) is 14.4 Å². The lowest BCUT2D eigenvalue weighted by Crippen LogP contribution is -2.33. The van der Waals surface area contributed by atoms with E-state index in [4.69, 9.17) is 4.74 Å². The van der Waals surface area contributed by atoms with E-state index in [2.05, 4.69) is 20.3 Å². The first-order chi connectivity index (χ1) is 12.7. The molecule has 2 aromatic rings. The van der Waals surface area contributed by atoms with Crippen molar-refractivity contribution in [3.63, 3.8) is 0 Å². The lowest BCUT2D eigenvalue weighted by Gasteiger charge is -2.26. The molecule has 0 radical (unpaired) electrons. The van der Waals surface area contributed by atoms with Crippen LogP contribution in [0.2, 0.25) is 0 Å². The molecule has 0 saturated carbocycles. The number of amides is 1. The molecule has 1 atom stereocenters. The number of benzene rings is 1. The van der Waals surface area contributed by atoms with Gasteiger partial charge in [0.2, 0.25) is 5.91 Å². The highest BCUT2D eigenvalue weighted by Crippen LogP contribution is 2.17. The second-order valence-corrected chi connectivity index (χ2v) is 6.78. The molecule has 1 amide bonds. The summed E-state index contributed by atoms with van der Waals surface area (Å²) in [6, 6.07) is 7.54. The van der Waals surface area contributed by atoms with Crippen molar-refractivity contribution in [3.8, 4) is 5.75 Å². The average molecular weight is 357 g/mol. The third kappa shape index (κ3) is 5.56. The largest absolute Gasteiger partial charge is 0.492 e. The second-order valence-electron chi connectivity index (χ2n) is 6.78. The van der Waals surface area contributed by atoms with E-state index >= 15 is 0 Å². The summed E-state index contributed by atoms with van der Waals surface area (Å²) < 4.78 is 7.47. The number of aromatic nitrogens is 3. The van der Waals surface area contributed by atoms with Crippen molar-refractivity contribution >= 4 is 11.6 Å². The number of nitrogens with zero attached hydrogens (tertiary/aromatic N) is 4. The average Bonchev–Trinajstić information content (AvgIpc) is 3.17.